The molecule has 0 atom stereocenters. The summed E-state index contributed by atoms with van der Waals surface area (Å²) in [6, 6.07) is 8.90. The van der Waals surface area contributed by atoms with E-state index in [1.54, 1.807) is 6.92 Å². The van der Waals surface area contributed by atoms with Crippen molar-refractivity contribution < 1.29 is 26.7 Å². The molecule has 10 heteroatoms. The topological polar surface area (TPSA) is 85.4 Å². The highest BCUT2D eigenvalue weighted by molar-refractivity contribution is 7.93. The van der Waals surface area contributed by atoms with Crippen LogP contribution in [-0.2, 0) is 21.2 Å². The van der Waals surface area contributed by atoms with Crippen molar-refractivity contribution in [3.8, 4) is 0 Å². The Labute approximate surface area is 170 Å². The van der Waals surface area contributed by atoms with Crippen molar-refractivity contribution in [3.63, 3.8) is 0 Å². The third-order valence-corrected chi connectivity index (χ3v) is 6.21. The van der Waals surface area contributed by atoms with Crippen LogP contribution in [0.1, 0.15) is 27.7 Å². The summed E-state index contributed by atoms with van der Waals surface area (Å²) in [7, 11) is -3.90. The van der Waals surface area contributed by atoms with Gasteiger partial charge in [0.05, 0.1) is 17.1 Å². The van der Waals surface area contributed by atoms with E-state index in [4.69, 9.17) is 4.74 Å². The van der Waals surface area contributed by atoms with Gasteiger partial charge in [-0.1, -0.05) is 6.07 Å². The fraction of sp³-hybridized carbons (Fsp3) is 0.158. The average molecular weight is 438 g/mol. The van der Waals surface area contributed by atoms with Crippen molar-refractivity contribution >= 4 is 32.5 Å². The molecule has 0 unspecified atom stereocenters. The van der Waals surface area contributed by atoms with E-state index in [1.165, 1.54) is 36.5 Å². The summed E-state index contributed by atoms with van der Waals surface area (Å²) in [5, 5.41) is 0.136. The first-order chi connectivity index (χ1) is 13.8. The van der Waals surface area contributed by atoms with Gasteiger partial charge in [0.25, 0.3) is 10.0 Å². The number of nitrogens with one attached hydrogen (secondary N) is 1. The molecule has 0 radical (unpaired) electrons. The Kier molecular flexibility index (Phi) is 6.23. The third-order valence-electron chi connectivity index (χ3n) is 3.81. The van der Waals surface area contributed by atoms with Crippen LogP contribution in [0.5, 0.6) is 0 Å². The maximum atomic E-state index is 13.3. The molecule has 29 heavy (non-hydrogen) atoms. The summed E-state index contributed by atoms with van der Waals surface area (Å²) in [6.45, 7) is 1.90. The highest BCUT2D eigenvalue weighted by Crippen LogP contribution is 2.24. The van der Waals surface area contributed by atoms with E-state index in [0.717, 1.165) is 23.5 Å². The normalized spacial score (nSPS) is 11.3. The molecule has 3 aromatic rings. The number of halogens is 2. The molecule has 2 aromatic carbocycles. The van der Waals surface area contributed by atoms with Gasteiger partial charge in [0.2, 0.25) is 0 Å². The second kappa shape index (κ2) is 8.66. The third kappa shape index (κ3) is 5.15. The molecule has 1 aromatic heterocycles. The van der Waals surface area contributed by atoms with E-state index >= 15 is 0 Å². The van der Waals surface area contributed by atoms with Gasteiger partial charge in [0.1, 0.15) is 0 Å². The summed E-state index contributed by atoms with van der Waals surface area (Å²) >= 11 is 1.08. The molecule has 6 nitrogen and oxygen atoms in total. The molecule has 1 N–H and O–H groups in total. The first-order valence-electron chi connectivity index (χ1n) is 8.47. The Balaban J connectivity index is 1.70. The molecular formula is C19H16F2N2O4S2. The quantitative estimate of drug-likeness (QED) is 0.564. The van der Waals surface area contributed by atoms with Crippen molar-refractivity contribution in [1.82, 2.24) is 4.98 Å². The first kappa shape index (κ1) is 20.9. The molecular weight excluding hydrogens is 422 g/mol. The van der Waals surface area contributed by atoms with Gasteiger partial charge in [-0.05, 0) is 48.9 Å². The lowest BCUT2D eigenvalue weighted by Crippen LogP contribution is -2.13. The van der Waals surface area contributed by atoms with E-state index in [2.05, 4.69) is 9.71 Å². The van der Waals surface area contributed by atoms with Gasteiger partial charge in [-0.25, -0.2) is 27.0 Å². The maximum absolute atomic E-state index is 13.3. The van der Waals surface area contributed by atoms with Crippen molar-refractivity contribution in [1.29, 1.82) is 0 Å². The van der Waals surface area contributed by atoms with Crippen molar-refractivity contribution in [2.24, 2.45) is 0 Å². The zero-order chi connectivity index (χ0) is 21.0. The Morgan fingerprint density at radius 2 is 1.86 bits per heavy atom. The zero-order valence-corrected chi connectivity index (χ0v) is 16.8. The Morgan fingerprint density at radius 1 is 1.14 bits per heavy atom. The SMILES string of the molecule is CCOC(=O)c1ccc(S(=O)(=O)Nc2ncc(Cc3ccc(F)c(F)c3)s2)cc1. The van der Waals surface area contributed by atoms with Gasteiger partial charge in [-0.3, -0.25) is 4.72 Å². The van der Waals surface area contributed by atoms with Gasteiger partial charge in [-0.2, -0.15) is 0 Å². The number of carbonyl (C=O) groups is 1. The number of rotatable bonds is 7. The largest absolute Gasteiger partial charge is 0.462 e. The van der Waals surface area contributed by atoms with E-state index in [9.17, 15) is 22.0 Å². The molecule has 0 bridgehead atoms. The average Bonchev–Trinajstić information content (AvgIpc) is 3.11. The molecule has 3 rings (SSSR count). The Hall–Kier alpha value is -2.85. The smallest absolute Gasteiger partial charge is 0.338 e. The second-order valence-corrected chi connectivity index (χ2v) is 8.70. The van der Waals surface area contributed by atoms with Gasteiger partial charge in [0, 0.05) is 17.5 Å². The van der Waals surface area contributed by atoms with Crippen LogP contribution in [0, 0.1) is 11.6 Å². The molecule has 0 amide bonds. The summed E-state index contributed by atoms with van der Waals surface area (Å²) in [4.78, 5) is 16.3. The van der Waals surface area contributed by atoms with Crippen LogP contribution in [0.15, 0.2) is 53.6 Å². The lowest BCUT2D eigenvalue weighted by Gasteiger charge is -2.06. The number of benzene rings is 2. The standard InChI is InChI=1S/C19H16F2N2O4S2/c1-2-27-18(24)13-4-6-15(7-5-13)29(25,26)23-19-22-11-14(28-19)9-12-3-8-16(20)17(21)10-12/h3-8,10-11H,2,9H2,1H3,(H,22,23). The van der Waals surface area contributed by atoms with Crippen LogP contribution < -0.4 is 4.72 Å². The Morgan fingerprint density at radius 3 is 2.52 bits per heavy atom. The number of carbonyl (C=O) groups excluding carboxylic acids is 1. The number of esters is 1. The highest BCUT2D eigenvalue weighted by Gasteiger charge is 2.17. The number of nitrogens with zero attached hydrogens (tertiary/aromatic N) is 1. The molecule has 0 saturated carbocycles. The van der Waals surface area contributed by atoms with Crippen LogP contribution in [0.4, 0.5) is 13.9 Å². The summed E-state index contributed by atoms with van der Waals surface area (Å²) in [6.07, 6.45) is 1.75. The van der Waals surface area contributed by atoms with E-state index in [-0.39, 0.29) is 28.6 Å². The summed E-state index contributed by atoms with van der Waals surface area (Å²) in [5.41, 5.74) is 0.783. The summed E-state index contributed by atoms with van der Waals surface area (Å²) < 4.78 is 58.6. The number of ether oxygens (including phenoxy) is 1. The van der Waals surface area contributed by atoms with Gasteiger partial charge in [0.15, 0.2) is 16.8 Å². The van der Waals surface area contributed by atoms with Crippen LogP contribution in [0.3, 0.4) is 0 Å². The van der Waals surface area contributed by atoms with Crippen molar-refractivity contribution in [3.05, 3.63) is 76.3 Å². The zero-order valence-electron chi connectivity index (χ0n) is 15.2. The number of aromatic nitrogens is 1. The minimum Gasteiger partial charge on any atom is -0.462 e. The van der Waals surface area contributed by atoms with Crippen LogP contribution in [0.25, 0.3) is 0 Å². The van der Waals surface area contributed by atoms with E-state index in [0.29, 0.717) is 10.4 Å². The first-order valence-corrected chi connectivity index (χ1v) is 10.8. The van der Waals surface area contributed by atoms with E-state index < -0.39 is 27.6 Å². The van der Waals surface area contributed by atoms with Gasteiger partial charge in [-0.15, -0.1) is 11.3 Å². The minimum atomic E-state index is -3.90. The fourth-order valence-electron chi connectivity index (χ4n) is 2.45. The molecule has 0 aliphatic carbocycles. The van der Waals surface area contributed by atoms with Gasteiger partial charge >= 0.3 is 5.97 Å². The maximum Gasteiger partial charge on any atom is 0.338 e. The molecule has 1 heterocycles. The van der Waals surface area contributed by atoms with Crippen LogP contribution in [-0.4, -0.2) is 26.0 Å². The molecule has 0 spiro atoms. The minimum absolute atomic E-state index is 0.0390. The fourth-order valence-corrected chi connectivity index (χ4v) is 4.53. The lowest BCUT2D eigenvalue weighted by molar-refractivity contribution is 0.0526. The molecule has 0 fully saturated rings. The van der Waals surface area contributed by atoms with Gasteiger partial charge < -0.3 is 4.74 Å². The molecule has 0 aliphatic rings. The number of hydrogen-bond acceptors (Lipinski definition) is 6. The van der Waals surface area contributed by atoms with Crippen LogP contribution >= 0.6 is 11.3 Å². The predicted molar refractivity (Wildman–Crippen MR) is 104 cm³/mol. The Bertz CT molecular complexity index is 1130. The number of thiazole rings is 1. The van der Waals surface area contributed by atoms with Crippen LogP contribution in [0.2, 0.25) is 0 Å². The summed E-state index contributed by atoms with van der Waals surface area (Å²) in [5.74, 6) is -2.41. The number of anilines is 1. The molecule has 152 valence electrons. The molecule has 0 aliphatic heterocycles. The predicted octanol–water partition coefficient (Wildman–Crippen LogP) is 3.99. The van der Waals surface area contributed by atoms with Crippen molar-refractivity contribution in [2.45, 2.75) is 18.2 Å². The van der Waals surface area contributed by atoms with Crippen molar-refractivity contribution in [2.75, 3.05) is 11.3 Å². The number of hydrogen-bond donors (Lipinski definition) is 1. The highest BCUT2D eigenvalue weighted by atomic mass is 32.2. The van der Waals surface area contributed by atoms with E-state index in [1.807, 2.05) is 0 Å². The number of sulfonamides is 1. The molecule has 0 saturated heterocycles. The lowest BCUT2D eigenvalue weighted by atomic mass is 10.1. The monoisotopic (exact) mass is 438 g/mol. The second-order valence-electron chi connectivity index (χ2n) is 5.91.